The van der Waals surface area contributed by atoms with E-state index in [2.05, 4.69) is 45.1 Å². The van der Waals surface area contributed by atoms with Crippen molar-refractivity contribution in [3.63, 3.8) is 0 Å². The summed E-state index contributed by atoms with van der Waals surface area (Å²) >= 11 is 0. The van der Waals surface area contributed by atoms with Gasteiger partial charge in [0.2, 0.25) is 0 Å². The number of rotatable bonds is 6. The monoisotopic (exact) mass is 287 g/mol. The first-order chi connectivity index (χ1) is 9.99. The molecule has 0 aliphatic carbocycles. The number of furan rings is 1. The Balaban J connectivity index is 2.13. The highest BCUT2D eigenvalue weighted by atomic mass is 16.3. The van der Waals surface area contributed by atoms with Crippen molar-refractivity contribution in [2.24, 2.45) is 5.92 Å². The summed E-state index contributed by atoms with van der Waals surface area (Å²) in [5, 5.41) is 14.2. The van der Waals surface area contributed by atoms with Crippen LogP contribution in [0.4, 0.5) is 0 Å². The summed E-state index contributed by atoms with van der Waals surface area (Å²) in [6.07, 6.45) is 1.14. The number of aliphatic hydroxyl groups excluding tert-OH is 1. The average molecular weight is 287 g/mol. The summed E-state index contributed by atoms with van der Waals surface area (Å²) < 4.78 is 5.34. The molecule has 2 aromatic rings. The topological polar surface area (TPSA) is 45.4 Å². The van der Waals surface area contributed by atoms with Crippen molar-refractivity contribution in [1.82, 2.24) is 5.32 Å². The number of aryl methyl sites for hydroxylation is 2. The van der Waals surface area contributed by atoms with E-state index in [1.54, 1.807) is 6.26 Å². The molecule has 0 fully saturated rings. The predicted molar refractivity (Wildman–Crippen MR) is 85.0 cm³/mol. The molecule has 3 nitrogen and oxygen atoms in total. The van der Waals surface area contributed by atoms with Crippen LogP contribution in [0.5, 0.6) is 0 Å². The van der Waals surface area contributed by atoms with Gasteiger partial charge < -0.3 is 14.8 Å². The first kappa shape index (κ1) is 15.8. The van der Waals surface area contributed by atoms with Crippen LogP contribution in [-0.2, 0) is 6.54 Å². The quantitative estimate of drug-likeness (QED) is 0.850. The van der Waals surface area contributed by atoms with E-state index in [1.165, 1.54) is 5.56 Å². The molecule has 2 rings (SSSR count). The van der Waals surface area contributed by atoms with Gasteiger partial charge in [-0.05, 0) is 43.0 Å². The standard InChI is InChI=1S/C18H25NO2/c1-12(2)17(19-11-15-6-5-9-21-15)18(20)16-8-7-13(3)10-14(16)4/h5-10,12,17-20H,11H2,1-4H3. The fraction of sp³-hybridized carbons (Fsp3) is 0.444. The second-order valence-corrected chi connectivity index (χ2v) is 6.03. The third kappa shape index (κ3) is 3.96. The molecule has 0 bridgehead atoms. The van der Waals surface area contributed by atoms with Crippen LogP contribution in [-0.4, -0.2) is 11.1 Å². The molecule has 0 radical (unpaired) electrons. The molecule has 0 amide bonds. The molecule has 2 unspecified atom stereocenters. The van der Waals surface area contributed by atoms with Crippen molar-refractivity contribution >= 4 is 0 Å². The van der Waals surface area contributed by atoms with E-state index < -0.39 is 6.10 Å². The molecule has 0 aliphatic rings. The minimum absolute atomic E-state index is 0.0171. The lowest BCUT2D eigenvalue weighted by molar-refractivity contribution is 0.102. The molecule has 1 aromatic heterocycles. The fourth-order valence-corrected chi connectivity index (χ4v) is 2.69. The molecule has 1 heterocycles. The van der Waals surface area contributed by atoms with Crippen molar-refractivity contribution < 1.29 is 9.52 Å². The largest absolute Gasteiger partial charge is 0.468 e. The summed E-state index contributed by atoms with van der Waals surface area (Å²) in [6, 6.07) is 9.99. The van der Waals surface area contributed by atoms with E-state index in [0.717, 1.165) is 16.9 Å². The Bertz CT molecular complexity index is 561. The molecule has 21 heavy (non-hydrogen) atoms. The van der Waals surface area contributed by atoms with Gasteiger partial charge in [-0.25, -0.2) is 0 Å². The molecular formula is C18H25NO2. The van der Waals surface area contributed by atoms with Gasteiger partial charge in [0.1, 0.15) is 5.76 Å². The summed E-state index contributed by atoms with van der Waals surface area (Å²) in [5.41, 5.74) is 3.34. The SMILES string of the molecule is Cc1ccc(C(O)C(NCc2ccco2)C(C)C)c(C)c1. The van der Waals surface area contributed by atoms with Crippen LogP contribution in [0.3, 0.4) is 0 Å². The van der Waals surface area contributed by atoms with Crippen molar-refractivity contribution in [2.75, 3.05) is 0 Å². The predicted octanol–water partition coefficient (Wildman–Crippen LogP) is 3.74. The first-order valence-electron chi connectivity index (χ1n) is 7.50. The maximum absolute atomic E-state index is 10.8. The van der Waals surface area contributed by atoms with Gasteiger partial charge in [0.05, 0.1) is 18.9 Å². The zero-order valence-corrected chi connectivity index (χ0v) is 13.3. The van der Waals surface area contributed by atoms with Gasteiger partial charge in [0.15, 0.2) is 0 Å². The van der Waals surface area contributed by atoms with Crippen LogP contribution in [0.25, 0.3) is 0 Å². The lowest BCUT2D eigenvalue weighted by Gasteiger charge is -2.28. The van der Waals surface area contributed by atoms with Crippen LogP contribution >= 0.6 is 0 Å². The van der Waals surface area contributed by atoms with Gasteiger partial charge in [-0.3, -0.25) is 0 Å². The molecule has 3 heteroatoms. The van der Waals surface area contributed by atoms with E-state index in [9.17, 15) is 5.11 Å². The lowest BCUT2D eigenvalue weighted by atomic mass is 9.90. The van der Waals surface area contributed by atoms with Crippen LogP contribution < -0.4 is 5.32 Å². The highest BCUT2D eigenvalue weighted by Gasteiger charge is 2.25. The second kappa shape index (κ2) is 6.92. The number of hydrogen-bond acceptors (Lipinski definition) is 3. The van der Waals surface area contributed by atoms with E-state index in [1.807, 2.05) is 18.2 Å². The Kier molecular flexibility index (Phi) is 5.21. The lowest BCUT2D eigenvalue weighted by Crippen LogP contribution is -2.39. The van der Waals surface area contributed by atoms with E-state index in [4.69, 9.17) is 4.42 Å². The van der Waals surface area contributed by atoms with Crippen LogP contribution in [0.2, 0.25) is 0 Å². The number of nitrogens with one attached hydrogen (secondary N) is 1. The molecule has 1 aromatic carbocycles. The highest BCUT2D eigenvalue weighted by Crippen LogP contribution is 2.25. The van der Waals surface area contributed by atoms with E-state index >= 15 is 0 Å². The molecule has 114 valence electrons. The minimum atomic E-state index is -0.527. The fourth-order valence-electron chi connectivity index (χ4n) is 2.69. The smallest absolute Gasteiger partial charge is 0.117 e. The van der Waals surface area contributed by atoms with Gasteiger partial charge in [0.25, 0.3) is 0 Å². The van der Waals surface area contributed by atoms with Gasteiger partial charge in [-0.2, -0.15) is 0 Å². The van der Waals surface area contributed by atoms with Crippen molar-refractivity contribution in [1.29, 1.82) is 0 Å². The Labute approximate surface area is 127 Å². The number of benzene rings is 1. The van der Waals surface area contributed by atoms with E-state index in [0.29, 0.717) is 12.5 Å². The zero-order chi connectivity index (χ0) is 15.4. The van der Waals surface area contributed by atoms with Gasteiger partial charge in [-0.15, -0.1) is 0 Å². The third-order valence-electron chi connectivity index (χ3n) is 3.89. The van der Waals surface area contributed by atoms with Gasteiger partial charge >= 0.3 is 0 Å². The summed E-state index contributed by atoms with van der Waals surface area (Å²) in [5.74, 6) is 1.20. The van der Waals surface area contributed by atoms with Crippen LogP contribution in [0, 0.1) is 19.8 Å². The maximum Gasteiger partial charge on any atom is 0.117 e. The minimum Gasteiger partial charge on any atom is -0.468 e. The maximum atomic E-state index is 10.8. The molecular weight excluding hydrogens is 262 g/mol. The molecule has 0 aliphatic heterocycles. The van der Waals surface area contributed by atoms with E-state index in [-0.39, 0.29) is 6.04 Å². The summed E-state index contributed by atoms with van der Waals surface area (Å²) in [6.45, 7) is 8.98. The molecule has 2 atom stereocenters. The summed E-state index contributed by atoms with van der Waals surface area (Å²) in [4.78, 5) is 0. The molecule has 2 N–H and O–H groups in total. The number of aliphatic hydroxyl groups is 1. The van der Waals surface area contributed by atoms with Gasteiger partial charge in [0, 0.05) is 6.04 Å². The Morgan fingerprint density at radius 3 is 2.52 bits per heavy atom. The second-order valence-electron chi connectivity index (χ2n) is 6.03. The normalized spacial score (nSPS) is 14.4. The third-order valence-corrected chi connectivity index (χ3v) is 3.89. The Morgan fingerprint density at radius 1 is 1.19 bits per heavy atom. The van der Waals surface area contributed by atoms with Crippen LogP contribution in [0.1, 0.15) is 42.4 Å². The highest BCUT2D eigenvalue weighted by molar-refractivity contribution is 5.32. The zero-order valence-electron chi connectivity index (χ0n) is 13.3. The molecule has 0 saturated carbocycles. The summed E-state index contributed by atoms with van der Waals surface area (Å²) in [7, 11) is 0. The van der Waals surface area contributed by atoms with Gasteiger partial charge in [-0.1, -0.05) is 37.6 Å². The molecule has 0 saturated heterocycles. The number of hydrogen-bond donors (Lipinski definition) is 2. The van der Waals surface area contributed by atoms with Crippen molar-refractivity contribution in [3.05, 3.63) is 59.0 Å². The molecule has 0 spiro atoms. The Hall–Kier alpha value is -1.58. The van der Waals surface area contributed by atoms with Crippen molar-refractivity contribution in [2.45, 2.75) is 46.4 Å². The first-order valence-corrected chi connectivity index (χ1v) is 7.50. The Morgan fingerprint density at radius 2 is 1.95 bits per heavy atom. The average Bonchev–Trinajstić information content (AvgIpc) is 2.91. The van der Waals surface area contributed by atoms with Crippen LogP contribution in [0.15, 0.2) is 41.0 Å². The van der Waals surface area contributed by atoms with Crippen molar-refractivity contribution in [3.8, 4) is 0 Å².